The van der Waals surface area contributed by atoms with E-state index in [1.807, 2.05) is 6.07 Å². The number of hydrogen-bond donors (Lipinski definition) is 2. The summed E-state index contributed by atoms with van der Waals surface area (Å²) >= 11 is 0. The Labute approximate surface area is 139 Å². The molecular weight excluding hydrogens is 303 g/mol. The number of halogens is 1. The minimum Gasteiger partial charge on any atom is -0.337 e. The lowest BCUT2D eigenvalue weighted by molar-refractivity contribution is 0.449. The maximum Gasteiger partial charge on any atom is 0.162 e. The average molecular weight is 318 g/mol. The predicted octanol–water partition coefficient (Wildman–Crippen LogP) is 3.18. The summed E-state index contributed by atoms with van der Waals surface area (Å²) in [6.45, 7) is 1.95. The molecule has 2 N–H and O–H groups in total. The summed E-state index contributed by atoms with van der Waals surface area (Å²) in [6, 6.07) is 11.1. The van der Waals surface area contributed by atoms with Gasteiger partial charge in [0.25, 0.3) is 0 Å². The first kappa shape index (κ1) is 14.6. The van der Waals surface area contributed by atoms with Crippen LogP contribution in [0.25, 0.3) is 10.9 Å². The molecule has 5 heteroatoms. The van der Waals surface area contributed by atoms with Gasteiger partial charge in [0.15, 0.2) is 5.82 Å². The van der Waals surface area contributed by atoms with Gasteiger partial charge < -0.3 is 10.6 Å². The van der Waals surface area contributed by atoms with E-state index >= 15 is 0 Å². The third kappa shape index (κ3) is 2.47. The fraction of sp³-hybridized carbons (Fsp3) is 0.158. The molecule has 0 radical (unpaired) electrons. The van der Waals surface area contributed by atoms with E-state index in [0.717, 1.165) is 24.0 Å². The van der Waals surface area contributed by atoms with E-state index in [-0.39, 0.29) is 5.56 Å². The van der Waals surface area contributed by atoms with Crippen molar-refractivity contribution in [2.75, 3.05) is 18.4 Å². The number of fused-ring (bicyclic) bond motifs is 1. The number of anilines is 2. The minimum atomic E-state index is -0.453. The molecule has 3 aromatic rings. The van der Waals surface area contributed by atoms with Crippen molar-refractivity contribution in [1.29, 1.82) is 0 Å². The van der Waals surface area contributed by atoms with Gasteiger partial charge in [-0.05, 0) is 29.8 Å². The van der Waals surface area contributed by atoms with E-state index in [4.69, 9.17) is 6.42 Å². The van der Waals surface area contributed by atoms with Crippen LogP contribution in [-0.2, 0) is 0 Å². The number of rotatable bonds is 3. The molecule has 1 saturated heterocycles. The van der Waals surface area contributed by atoms with Gasteiger partial charge in [-0.1, -0.05) is 18.1 Å². The summed E-state index contributed by atoms with van der Waals surface area (Å²) in [6.07, 6.45) is 6.80. The average Bonchev–Trinajstić information content (AvgIpc) is 2.55. The molecule has 118 valence electrons. The van der Waals surface area contributed by atoms with Crippen LogP contribution < -0.4 is 10.6 Å². The Kier molecular flexibility index (Phi) is 3.60. The zero-order chi connectivity index (χ0) is 16.5. The van der Waals surface area contributed by atoms with Gasteiger partial charge in [-0.2, -0.15) is 0 Å². The Morgan fingerprint density at radius 2 is 2.08 bits per heavy atom. The quantitative estimate of drug-likeness (QED) is 0.728. The molecule has 0 aliphatic carbocycles. The van der Waals surface area contributed by atoms with Crippen molar-refractivity contribution < 1.29 is 4.39 Å². The Hall–Kier alpha value is -2.97. The summed E-state index contributed by atoms with van der Waals surface area (Å²) in [5.74, 6) is 2.97. The van der Waals surface area contributed by atoms with Crippen molar-refractivity contribution in [3.8, 4) is 12.3 Å². The van der Waals surface area contributed by atoms with E-state index in [1.54, 1.807) is 18.2 Å². The lowest BCUT2D eigenvalue weighted by Gasteiger charge is -2.27. The summed E-state index contributed by atoms with van der Waals surface area (Å²) in [4.78, 5) is 8.58. The van der Waals surface area contributed by atoms with Crippen molar-refractivity contribution in [3.63, 3.8) is 0 Å². The van der Waals surface area contributed by atoms with Crippen LogP contribution in [0.4, 0.5) is 15.9 Å². The fourth-order valence-corrected chi connectivity index (χ4v) is 2.82. The highest BCUT2D eigenvalue weighted by molar-refractivity contribution is 5.91. The second-order valence-corrected chi connectivity index (χ2v) is 5.79. The van der Waals surface area contributed by atoms with Gasteiger partial charge in [0.1, 0.15) is 12.1 Å². The lowest BCUT2D eigenvalue weighted by Crippen LogP contribution is -2.39. The largest absolute Gasteiger partial charge is 0.337 e. The van der Waals surface area contributed by atoms with Crippen molar-refractivity contribution in [3.05, 3.63) is 59.7 Å². The molecule has 0 atom stereocenters. The Morgan fingerprint density at radius 1 is 1.21 bits per heavy atom. The first-order chi connectivity index (χ1) is 11.8. The normalized spacial score (nSPS) is 14.2. The van der Waals surface area contributed by atoms with Gasteiger partial charge >= 0.3 is 0 Å². The number of benzene rings is 2. The molecule has 0 saturated carbocycles. The molecule has 2 heterocycles. The lowest BCUT2D eigenvalue weighted by atomic mass is 9.93. The van der Waals surface area contributed by atoms with Crippen molar-refractivity contribution in [2.24, 2.45) is 0 Å². The zero-order valence-electron chi connectivity index (χ0n) is 12.9. The number of terminal acetylenes is 1. The summed E-state index contributed by atoms with van der Waals surface area (Å²) in [7, 11) is 0. The van der Waals surface area contributed by atoms with E-state index in [1.165, 1.54) is 11.9 Å². The summed E-state index contributed by atoms with van der Waals surface area (Å²) in [5.41, 5.74) is 2.58. The third-order valence-corrected chi connectivity index (χ3v) is 4.32. The van der Waals surface area contributed by atoms with E-state index < -0.39 is 5.82 Å². The van der Waals surface area contributed by atoms with Crippen LogP contribution in [0.15, 0.2) is 42.7 Å². The van der Waals surface area contributed by atoms with Gasteiger partial charge in [-0.25, -0.2) is 14.4 Å². The number of nitrogens with zero attached hydrogens (tertiary/aromatic N) is 2. The highest BCUT2D eigenvalue weighted by atomic mass is 19.1. The third-order valence-electron chi connectivity index (χ3n) is 4.32. The predicted molar refractivity (Wildman–Crippen MR) is 92.8 cm³/mol. The van der Waals surface area contributed by atoms with Crippen molar-refractivity contribution in [2.45, 2.75) is 5.92 Å². The fourth-order valence-electron chi connectivity index (χ4n) is 2.82. The van der Waals surface area contributed by atoms with Crippen LogP contribution in [0, 0.1) is 18.2 Å². The van der Waals surface area contributed by atoms with Crippen LogP contribution >= 0.6 is 0 Å². The number of aromatic nitrogens is 2. The van der Waals surface area contributed by atoms with Gasteiger partial charge in [0.05, 0.1) is 16.8 Å². The first-order valence-corrected chi connectivity index (χ1v) is 7.74. The molecule has 4 nitrogen and oxygen atoms in total. The maximum absolute atomic E-state index is 14.4. The van der Waals surface area contributed by atoms with Crippen molar-refractivity contribution >= 4 is 22.4 Å². The van der Waals surface area contributed by atoms with Crippen LogP contribution in [0.1, 0.15) is 17.0 Å². The standard InChI is InChI=1S/C19H15FN4/c1-2-12-4-3-5-17(18(12)20)24-19-15-8-13(14-9-21-10-14)6-7-16(15)22-11-23-19/h1,3-8,11,14,21H,9-10H2,(H,22,23,24). The monoisotopic (exact) mass is 318 g/mol. The van der Waals surface area contributed by atoms with Crippen LogP contribution in [0.2, 0.25) is 0 Å². The molecule has 1 fully saturated rings. The minimum absolute atomic E-state index is 0.222. The second kappa shape index (κ2) is 5.91. The van der Waals surface area contributed by atoms with E-state index in [0.29, 0.717) is 17.4 Å². The molecule has 2 aromatic carbocycles. The van der Waals surface area contributed by atoms with Crippen LogP contribution in [-0.4, -0.2) is 23.1 Å². The van der Waals surface area contributed by atoms with Gasteiger partial charge in [-0.3, -0.25) is 0 Å². The molecule has 0 amide bonds. The summed E-state index contributed by atoms with van der Waals surface area (Å²) in [5, 5.41) is 7.19. The zero-order valence-corrected chi connectivity index (χ0v) is 12.9. The molecule has 4 rings (SSSR count). The number of nitrogens with one attached hydrogen (secondary N) is 2. The van der Waals surface area contributed by atoms with Crippen molar-refractivity contribution in [1.82, 2.24) is 15.3 Å². The first-order valence-electron chi connectivity index (χ1n) is 7.74. The Bertz CT molecular complexity index is 957. The molecule has 0 bridgehead atoms. The number of hydrogen-bond acceptors (Lipinski definition) is 4. The molecule has 1 aromatic heterocycles. The molecule has 0 spiro atoms. The van der Waals surface area contributed by atoms with E-state index in [9.17, 15) is 4.39 Å². The molecule has 1 aliphatic heterocycles. The molecule has 1 aliphatic rings. The SMILES string of the molecule is C#Cc1cccc(Nc2ncnc3ccc(C4CNC4)cc23)c1F. The Morgan fingerprint density at radius 3 is 2.83 bits per heavy atom. The maximum atomic E-state index is 14.4. The van der Waals surface area contributed by atoms with E-state index in [2.05, 4.69) is 38.7 Å². The molecular formula is C19H15FN4. The van der Waals surface area contributed by atoms with Gasteiger partial charge in [0.2, 0.25) is 0 Å². The highest BCUT2D eigenvalue weighted by Gasteiger charge is 2.19. The topological polar surface area (TPSA) is 49.8 Å². The van der Waals surface area contributed by atoms with Gasteiger partial charge in [0, 0.05) is 24.4 Å². The Balaban J connectivity index is 1.77. The highest BCUT2D eigenvalue weighted by Crippen LogP contribution is 2.29. The van der Waals surface area contributed by atoms with Crippen LogP contribution in [0.3, 0.4) is 0 Å². The summed E-state index contributed by atoms with van der Waals surface area (Å²) < 4.78 is 14.4. The molecule has 24 heavy (non-hydrogen) atoms. The van der Waals surface area contributed by atoms with Gasteiger partial charge in [-0.15, -0.1) is 6.42 Å². The molecule has 0 unspecified atom stereocenters. The van der Waals surface area contributed by atoms with Crippen LogP contribution in [0.5, 0.6) is 0 Å². The second-order valence-electron chi connectivity index (χ2n) is 5.79. The smallest absolute Gasteiger partial charge is 0.162 e.